The monoisotopic (exact) mass is 263 g/mol. The maximum absolute atomic E-state index is 8.75. The first-order valence-electron chi connectivity index (χ1n) is 6.45. The SMILES string of the molecule is N#Cc1ccc(N2CCC=C(c3ccncc3)C2)nn1. The van der Waals surface area contributed by atoms with E-state index in [2.05, 4.69) is 26.2 Å². The second kappa shape index (κ2) is 5.49. The summed E-state index contributed by atoms with van der Waals surface area (Å²) >= 11 is 0. The Hall–Kier alpha value is -2.74. The molecule has 0 aliphatic carbocycles. The highest BCUT2D eigenvalue weighted by Gasteiger charge is 2.15. The lowest BCUT2D eigenvalue weighted by molar-refractivity contribution is 0.798. The molecule has 5 nitrogen and oxygen atoms in total. The summed E-state index contributed by atoms with van der Waals surface area (Å²) in [6, 6.07) is 9.56. The molecule has 0 saturated heterocycles. The normalized spacial score (nSPS) is 14.6. The van der Waals surface area contributed by atoms with Crippen molar-refractivity contribution in [1.29, 1.82) is 5.26 Å². The molecule has 98 valence electrons. The quantitative estimate of drug-likeness (QED) is 0.829. The van der Waals surface area contributed by atoms with E-state index in [0.29, 0.717) is 5.69 Å². The molecule has 0 amide bonds. The molecule has 1 aliphatic rings. The van der Waals surface area contributed by atoms with Crippen molar-refractivity contribution >= 4 is 11.4 Å². The maximum Gasteiger partial charge on any atom is 0.163 e. The average molecular weight is 263 g/mol. The first-order chi connectivity index (χ1) is 9.86. The van der Waals surface area contributed by atoms with Gasteiger partial charge in [-0.25, -0.2) is 0 Å². The summed E-state index contributed by atoms with van der Waals surface area (Å²) in [6.07, 6.45) is 6.83. The van der Waals surface area contributed by atoms with Gasteiger partial charge in [0.2, 0.25) is 0 Å². The second-order valence-corrected chi connectivity index (χ2v) is 4.56. The van der Waals surface area contributed by atoms with Gasteiger partial charge in [-0.1, -0.05) is 6.08 Å². The number of aromatic nitrogens is 3. The Morgan fingerprint density at radius 3 is 2.65 bits per heavy atom. The van der Waals surface area contributed by atoms with Crippen molar-refractivity contribution in [2.75, 3.05) is 18.0 Å². The predicted octanol–water partition coefficient (Wildman–Crippen LogP) is 2.04. The third-order valence-corrected chi connectivity index (χ3v) is 3.29. The molecule has 3 heterocycles. The summed E-state index contributed by atoms with van der Waals surface area (Å²) in [5, 5.41) is 16.8. The van der Waals surface area contributed by atoms with Crippen molar-refractivity contribution in [2.24, 2.45) is 0 Å². The Balaban J connectivity index is 1.80. The van der Waals surface area contributed by atoms with Crippen LogP contribution < -0.4 is 4.90 Å². The van der Waals surface area contributed by atoms with Crippen molar-refractivity contribution in [2.45, 2.75) is 6.42 Å². The standard InChI is InChI=1S/C15H13N5/c16-10-14-3-4-15(19-18-14)20-9-1-2-13(11-20)12-5-7-17-8-6-12/h2-8H,1,9,11H2. The van der Waals surface area contributed by atoms with Crippen molar-refractivity contribution in [3.05, 3.63) is 54.0 Å². The first-order valence-corrected chi connectivity index (χ1v) is 6.45. The van der Waals surface area contributed by atoms with Gasteiger partial charge in [-0.15, -0.1) is 10.2 Å². The molecule has 0 saturated carbocycles. The van der Waals surface area contributed by atoms with E-state index in [-0.39, 0.29) is 0 Å². The molecule has 5 heteroatoms. The highest BCUT2D eigenvalue weighted by molar-refractivity contribution is 5.70. The minimum absolute atomic E-state index is 0.343. The van der Waals surface area contributed by atoms with Gasteiger partial charge in [-0.05, 0) is 41.8 Å². The van der Waals surface area contributed by atoms with Gasteiger partial charge >= 0.3 is 0 Å². The lowest BCUT2D eigenvalue weighted by Gasteiger charge is -2.28. The van der Waals surface area contributed by atoms with Gasteiger partial charge in [0.25, 0.3) is 0 Å². The Bertz CT molecular complexity index is 655. The van der Waals surface area contributed by atoms with Gasteiger partial charge in [-0.3, -0.25) is 4.98 Å². The summed E-state index contributed by atoms with van der Waals surface area (Å²) in [6.45, 7) is 1.71. The van der Waals surface area contributed by atoms with Crippen LogP contribution in [0.15, 0.2) is 42.7 Å². The van der Waals surface area contributed by atoms with Crippen molar-refractivity contribution < 1.29 is 0 Å². The summed E-state index contributed by atoms with van der Waals surface area (Å²) in [5.41, 5.74) is 2.80. The van der Waals surface area contributed by atoms with E-state index in [4.69, 9.17) is 5.26 Å². The number of rotatable bonds is 2. The third kappa shape index (κ3) is 2.50. The van der Waals surface area contributed by atoms with Crippen LogP contribution in [0.4, 0.5) is 5.82 Å². The summed E-state index contributed by atoms with van der Waals surface area (Å²) < 4.78 is 0. The van der Waals surface area contributed by atoms with E-state index >= 15 is 0 Å². The molecular formula is C15H13N5. The first kappa shape index (κ1) is 12.3. The summed E-state index contributed by atoms with van der Waals surface area (Å²) in [7, 11) is 0. The maximum atomic E-state index is 8.75. The van der Waals surface area contributed by atoms with Gasteiger partial charge in [0, 0.05) is 25.5 Å². The van der Waals surface area contributed by atoms with Gasteiger partial charge in [-0.2, -0.15) is 5.26 Å². The van der Waals surface area contributed by atoms with Gasteiger partial charge in [0.05, 0.1) is 0 Å². The molecule has 2 aromatic rings. The molecule has 0 spiro atoms. The number of hydrogen-bond acceptors (Lipinski definition) is 5. The average Bonchev–Trinajstić information content (AvgIpc) is 2.56. The summed E-state index contributed by atoms with van der Waals surface area (Å²) in [4.78, 5) is 6.21. The zero-order valence-electron chi connectivity index (χ0n) is 10.9. The molecule has 0 unspecified atom stereocenters. The number of pyridine rings is 1. The van der Waals surface area contributed by atoms with Crippen LogP contribution in [-0.2, 0) is 0 Å². The fourth-order valence-corrected chi connectivity index (χ4v) is 2.27. The van der Waals surface area contributed by atoms with Crippen LogP contribution in [0.25, 0.3) is 5.57 Å². The molecule has 20 heavy (non-hydrogen) atoms. The van der Waals surface area contributed by atoms with Crippen LogP contribution >= 0.6 is 0 Å². The van der Waals surface area contributed by atoms with Crippen LogP contribution in [0.1, 0.15) is 17.7 Å². The third-order valence-electron chi connectivity index (χ3n) is 3.29. The van der Waals surface area contributed by atoms with Crippen molar-refractivity contribution in [1.82, 2.24) is 15.2 Å². The van der Waals surface area contributed by atoms with E-state index in [0.717, 1.165) is 25.3 Å². The highest BCUT2D eigenvalue weighted by atomic mass is 15.3. The number of anilines is 1. The zero-order chi connectivity index (χ0) is 13.8. The molecule has 0 aromatic carbocycles. The van der Waals surface area contributed by atoms with Crippen LogP contribution in [0.3, 0.4) is 0 Å². The van der Waals surface area contributed by atoms with Gasteiger partial charge in [0.15, 0.2) is 11.5 Å². The van der Waals surface area contributed by atoms with E-state index in [1.165, 1.54) is 11.1 Å². The van der Waals surface area contributed by atoms with Crippen molar-refractivity contribution in [3.63, 3.8) is 0 Å². The number of hydrogen-bond donors (Lipinski definition) is 0. The molecule has 0 N–H and O–H groups in total. The Morgan fingerprint density at radius 2 is 1.95 bits per heavy atom. The van der Waals surface area contributed by atoms with Crippen molar-refractivity contribution in [3.8, 4) is 6.07 Å². The molecule has 0 radical (unpaired) electrons. The van der Waals surface area contributed by atoms with E-state index < -0.39 is 0 Å². The topological polar surface area (TPSA) is 65.7 Å². The zero-order valence-corrected chi connectivity index (χ0v) is 10.9. The lowest BCUT2D eigenvalue weighted by Crippen LogP contribution is -2.30. The van der Waals surface area contributed by atoms with Crippen LogP contribution in [0.2, 0.25) is 0 Å². The predicted molar refractivity (Wildman–Crippen MR) is 75.8 cm³/mol. The molecule has 0 fully saturated rings. The molecular weight excluding hydrogens is 250 g/mol. The molecule has 3 rings (SSSR count). The second-order valence-electron chi connectivity index (χ2n) is 4.56. The van der Waals surface area contributed by atoms with Gasteiger partial charge < -0.3 is 4.90 Å². The number of nitrogens with zero attached hydrogens (tertiary/aromatic N) is 5. The molecule has 1 aliphatic heterocycles. The fraction of sp³-hybridized carbons (Fsp3) is 0.200. The fourth-order valence-electron chi connectivity index (χ4n) is 2.27. The van der Waals surface area contributed by atoms with E-state index in [9.17, 15) is 0 Å². The van der Waals surface area contributed by atoms with Crippen LogP contribution in [0.5, 0.6) is 0 Å². The Morgan fingerprint density at radius 1 is 1.10 bits per heavy atom. The number of nitriles is 1. The lowest BCUT2D eigenvalue weighted by atomic mass is 10.0. The Kier molecular flexibility index (Phi) is 3.38. The molecule has 0 bridgehead atoms. The molecule has 0 atom stereocenters. The minimum atomic E-state index is 0.343. The smallest absolute Gasteiger partial charge is 0.163 e. The van der Waals surface area contributed by atoms with Gasteiger partial charge in [0.1, 0.15) is 6.07 Å². The minimum Gasteiger partial charge on any atom is -0.350 e. The highest BCUT2D eigenvalue weighted by Crippen LogP contribution is 2.23. The summed E-state index contributed by atoms with van der Waals surface area (Å²) in [5.74, 6) is 0.809. The van der Waals surface area contributed by atoms with E-state index in [1.807, 2.05) is 24.3 Å². The van der Waals surface area contributed by atoms with E-state index in [1.54, 1.807) is 18.5 Å². The molecule has 2 aromatic heterocycles. The largest absolute Gasteiger partial charge is 0.350 e. The van der Waals surface area contributed by atoms with Crippen LogP contribution in [-0.4, -0.2) is 28.3 Å². The van der Waals surface area contributed by atoms with Crippen LogP contribution in [0, 0.1) is 11.3 Å². The Labute approximate surface area is 117 Å².